The van der Waals surface area contributed by atoms with E-state index >= 15 is 0 Å². The first-order valence-electron chi connectivity index (χ1n) is 7.19. The average molecular weight is 369 g/mol. The molecular formula is C16H14F3N3S2. The first kappa shape index (κ1) is 17.0. The first-order valence-corrected chi connectivity index (χ1v) is 8.82. The van der Waals surface area contributed by atoms with E-state index in [1.165, 1.54) is 29.2 Å². The summed E-state index contributed by atoms with van der Waals surface area (Å²) in [7, 11) is 1.73. The summed E-state index contributed by atoms with van der Waals surface area (Å²) in [5.74, 6) is 0. The fourth-order valence-corrected chi connectivity index (χ4v) is 4.22. The van der Waals surface area contributed by atoms with Gasteiger partial charge in [0.05, 0.1) is 27.2 Å². The molecule has 0 fully saturated rings. The molecule has 0 aliphatic heterocycles. The van der Waals surface area contributed by atoms with Gasteiger partial charge in [0.2, 0.25) is 0 Å². The molecule has 2 aromatic heterocycles. The zero-order valence-corrected chi connectivity index (χ0v) is 14.6. The highest BCUT2D eigenvalue weighted by atomic mass is 32.2. The van der Waals surface area contributed by atoms with Crippen LogP contribution in [0.1, 0.15) is 17.5 Å². The molecule has 126 valence electrons. The molecule has 0 amide bonds. The number of aromatic nitrogens is 3. The van der Waals surface area contributed by atoms with E-state index in [-0.39, 0.29) is 0 Å². The van der Waals surface area contributed by atoms with Crippen molar-refractivity contribution in [3.8, 4) is 11.1 Å². The molecule has 0 aliphatic rings. The van der Waals surface area contributed by atoms with Crippen LogP contribution in [-0.2, 0) is 19.6 Å². The van der Waals surface area contributed by atoms with Crippen LogP contribution in [0, 0.1) is 0 Å². The Kier molecular flexibility index (Phi) is 4.69. The fraction of sp³-hybridized carbons (Fsp3) is 0.250. The van der Waals surface area contributed by atoms with Crippen LogP contribution in [0.4, 0.5) is 13.2 Å². The summed E-state index contributed by atoms with van der Waals surface area (Å²) in [6, 6.07) is 4.09. The topological polar surface area (TPSA) is 30.7 Å². The van der Waals surface area contributed by atoms with E-state index in [0.717, 1.165) is 21.7 Å². The third-order valence-electron chi connectivity index (χ3n) is 3.33. The van der Waals surface area contributed by atoms with Crippen molar-refractivity contribution in [2.24, 2.45) is 7.05 Å². The van der Waals surface area contributed by atoms with Crippen molar-refractivity contribution in [3.63, 3.8) is 0 Å². The lowest BCUT2D eigenvalue weighted by molar-refractivity contribution is -0.137. The highest BCUT2D eigenvalue weighted by Crippen LogP contribution is 2.39. The van der Waals surface area contributed by atoms with E-state index in [0.29, 0.717) is 16.0 Å². The molecule has 0 bridgehead atoms. The maximum absolute atomic E-state index is 13.2. The Bertz CT molecular complexity index is 852. The van der Waals surface area contributed by atoms with Gasteiger partial charge >= 0.3 is 6.18 Å². The summed E-state index contributed by atoms with van der Waals surface area (Å²) in [4.78, 5) is 4.79. The highest BCUT2D eigenvalue weighted by molar-refractivity contribution is 8.01. The number of hydrogen-bond donors (Lipinski definition) is 0. The highest BCUT2D eigenvalue weighted by Gasteiger charge is 2.31. The lowest BCUT2D eigenvalue weighted by Crippen LogP contribution is -2.05. The molecule has 3 rings (SSSR count). The van der Waals surface area contributed by atoms with Gasteiger partial charge in [-0.25, -0.2) is 4.98 Å². The Labute approximate surface area is 145 Å². The molecule has 0 N–H and O–H groups in total. The Hall–Kier alpha value is -1.80. The quantitative estimate of drug-likeness (QED) is 0.627. The largest absolute Gasteiger partial charge is 0.416 e. The second-order valence-electron chi connectivity index (χ2n) is 5.18. The van der Waals surface area contributed by atoms with E-state index in [9.17, 15) is 13.2 Å². The molecular weight excluding hydrogens is 355 g/mol. The molecule has 3 aromatic rings. The maximum atomic E-state index is 13.2. The molecule has 3 nitrogen and oxygen atoms in total. The van der Waals surface area contributed by atoms with Crippen LogP contribution in [0.3, 0.4) is 0 Å². The third-order valence-corrected chi connectivity index (χ3v) is 5.54. The van der Waals surface area contributed by atoms with E-state index in [1.807, 2.05) is 6.92 Å². The number of hydrogen-bond acceptors (Lipinski definition) is 4. The smallest absolute Gasteiger partial charge is 0.275 e. The SMILES string of the molecule is CCc1ncc(Sc2cc(-c3cnn(C)c3)cc(C(F)(F)F)c2)s1. The van der Waals surface area contributed by atoms with Crippen molar-refractivity contribution in [1.82, 2.24) is 14.8 Å². The number of nitrogens with zero attached hydrogens (tertiary/aromatic N) is 3. The summed E-state index contributed by atoms with van der Waals surface area (Å²) < 4.78 is 42.1. The molecule has 0 aliphatic carbocycles. The Morgan fingerprint density at radius 3 is 2.54 bits per heavy atom. The molecule has 8 heteroatoms. The number of alkyl halides is 3. The lowest BCUT2D eigenvalue weighted by atomic mass is 10.1. The van der Waals surface area contributed by atoms with Crippen molar-refractivity contribution < 1.29 is 13.2 Å². The fourth-order valence-electron chi connectivity index (χ4n) is 2.18. The number of benzene rings is 1. The monoisotopic (exact) mass is 369 g/mol. The Morgan fingerprint density at radius 2 is 1.96 bits per heavy atom. The Morgan fingerprint density at radius 1 is 1.17 bits per heavy atom. The van der Waals surface area contributed by atoms with Gasteiger partial charge in [-0.1, -0.05) is 18.7 Å². The summed E-state index contributed by atoms with van der Waals surface area (Å²) in [5, 5.41) is 5.00. The van der Waals surface area contributed by atoms with Crippen molar-refractivity contribution in [2.75, 3.05) is 0 Å². The van der Waals surface area contributed by atoms with Gasteiger partial charge in [-0.05, 0) is 30.2 Å². The van der Waals surface area contributed by atoms with Crippen LogP contribution in [-0.4, -0.2) is 14.8 Å². The van der Waals surface area contributed by atoms with Gasteiger partial charge in [-0.3, -0.25) is 4.68 Å². The molecule has 0 saturated carbocycles. The summed E-state index contributed by atoms with van der Waals surface area (Å²) in [5.41, 5.74) is 0.497. The summed E-state index contributed by atoms with van der Waals surface area (Å²) in [6.45, 7) is 2.00. The van der Waals surface area contributed by atoms with Gasteiger partial charge in [0.25, 0.3) is 0 Å². The normalized spacial score (nSPS) is 11.9. The zero-order chi connectivity index (χ0) is 17.3. The number of rotatable bonds is 4. The summed E-state index contributed by atoms with van der Waals surface area (Å²) in [6.07, 6.45) is 1.39. The second kappa shape index (κ2) is 6.60. The van der Waals surface area contributed by atoms with Gasteiger partial charge < -0.3 is 0 Å². The molecule has 2 heterocycles. The van der Waals surface area contributed by atoms with Crippen LogP contribution in [0.25, 0.3) is 11.1 Å². The van der Waals surface area contributed by atoms with Gasteiger partial charge in [-0.15, -0.1) is 11.3 Å². The van der Waals surface area contributed by atoms with Crippen molar-refractivity contribution >= 4 is 23.1 Å². The number of aryl methyl sites for hydroxylation is 2. The van der Waals surface area contributed by atoms with Crippen molar-refractivity contribution in [1.29, 1.82) is 0 Å². The molecule has 0 spiro atoms. The predicted molar refractivity (Wildman–Crippen MR) is 89.3 cm³/mol. The van der Waals surface area contributed by atoms with E-state index < -0.39 is 11.7 Å². The molecule has 0 unspecified atom stereocenters. The molecule has 0 atom stereocenters. The van der Waals surface area contributed by atoms with Crippen LogP contribution in [0.2, 0.25) is 0 Å². The minimum Gasteiger partial charge on any atom is -0.275 e. The van der Waals surface area contributed by atoms with Gasteiger partial charge in [0.15, 0.2) is 0 Å². The Balaban J connectivity index is 2.01. The van der Waals surface area contributed by atoms with Crippen molar-refractivity contribution in [2.45, 2.75) is 28.6 Å². The number of halogens is 3. The molecule has 1 aromatic carbocycles. The minimum atomic E-state index is -4.39. The standard InChI is InChI=1S/C16H14F3N3S2/c1-3-14-20-8-15(24-14)23-13-5-10(11-7-21-22(2)9-11)4-12(6-13)16(17,18)19/h4-9H,3H2,1-2H3. The van der Waals surface area contributed by atoms with Crippen LogP contribution in [0.15, 0.2) is 45.9 Å². The van der Waals surface area contributed by atoms with E-state index in [4.69, 9.17) is 0 Å². The predicted octanol–water partition coefficient (Wildman–Crippen LogP) is 5.28. The molecule has 0 saturated heterocycles. The van der Waals surface area contributed by atoms with Gasteiger partial charge in [-0.2, -0.15) is 18.3 Å². The van der Waals surface area contributed by atoms with Crippen LogP contribution < -0.4 is 0 Å². The maximum Gasteiger partial charge on any atom is 0.416 e. The summed E-state index contributed by atoms with van der Waals surface area (Å²) >= 11 is 2.80. The number of thiazole rings is 1. The zero-order valence-electron chi connectivity index (χ0n) is 13.0. The van der Waals surface area contributed by atoms with Crippen LogP contribution in [0.5, 0.6) is 0 Å². The third kappa shape index (κ3) is 3.81. The van der Waals surface area contributed by atoms with Crippen molar-refractivity contribution in [3.05, 3.63) is 47.4 Å². The lowest BCUT2D eigenvalue weighted by Gasteiger charge is -2.11. The molecule has 0 radical (unpaired) electrons. The first-order chi connectivity index (χ1) is 11.3. The van der Waals surface area contributed by atoms with E-state index in [1.54, 1.807) is 36.4 Å². The van der Waals surface area contributed by atoms with Crippen LogP contribution >= 0.6 is 23.1 Å². The molecule has 24 heavy (non-hydrogen) atoms. The average Bonchev–Trinajstić information content (AvgIpc) is 3.15. The van der Waals surface area contributed by atoms with Gasteiger partial charge in [0.1, 0.15) is 0 Å². The van der Waals surface area contributed by atoms with Gasteiger partial charge in [0, 0.05) is 23.7 Å². The van der Waals surface area contributed by atoms with E-state index in [2.05, 4.69) is 10.1 Å². The minimum absolute atomic E-state index is 0.501. The second-order valence-corrected chi connectivity index (χ2v) is 7.66.